The number of aliphatic hydroxyl groups excluding tert-OH is 1. The Morgan fingerprint density at radius 3 is 2.32 bits per heavy atom. The smallest absolute Gasteiger partial charge is 0.392 e. The molecule has 0 spiro atoms. The molecule has 0 radical (unpaired) electrons. The van der Waals surface area contributed by atoms with Crippen molar-refractivity contribution in [3.05, 3.63) is 29.3 Å². The summed E-state index contributed by atoms with van der Waals surface area (Å²) in [6, 6.07) is 5.05. The van der Waals surface area contributed by atoms with Crippen molar-refractivity contribution in [2.45, 2.75) is 40.0 Å². The minimum Gasteiger partial charge on any atom is -0.392 e. The summed E-state index contributed by atoms with van der Waals surface area (Å²) in [5.41, 5.74) is -1.42. The fourth-order valence-electron chi connectivity index (χ4n) is 2.34. The fourth-order valence-corrected chi connectivity index (χ4v) is 2.34. The van der Waals surface area contributed by atoms with E-state index in [1.54, 1.807) is 13.8 Å². The molecule has 0 aliphatic carbocycles. The molecule has 122 valence electrons. The molecule has 1 aromatic carbocycles. The van der Waals surface area contributed by atoms with Gasteiger partial charge >= 0.3 is 6.18 Å². The first-order valence-corrected chi connectivity index (χ1v) is 7.02. The van der Waals surface area contributed by atoms with Crippen LogP contribution in [0.5, 0.6) is 0 Å². The number of anilines is 1. The third-order valence-electron chi connectivity index (χ3n) is 3.62. The third-order valence-corrected chi connectivity index (χ3v) is 3.62. The predicted molar refractivity (Wildman–Crippen MR) is 79.3 cm³/mol. The number of nitriles is 1. The summed E-state index contributed by atoms with van der Waals surface area (Å²) in [6.07, 6.45) is -5.16. The highest BCUT2D eigenvalue weighted by atomic mass is 19.4. The van der Waals surface area contributed by atoms with Crippen molar-refractivity contribution in [3.63, 3.8) is 0 Å². The molecular weight excluding hydrogens is 293 g/mol. The molecule has 0 heterocycles. The average molecular weight is 314 g/mol. The van der Waals surface area contributed by atoms with Crippen LogP contribution in [0.15, 0.2) is 18.2 Å². The van der Waals surface area contributed by atoms with E-state index in [-0.39, 0.29) is 23.7 Å². The van der Waals surface area contributed by atoms with E-state index in [0.717, 1.165) is 12.1 Å². The van der Waals surface area contributed by atoms with E-state index >= 15 is 0 Å². The van der Waals surface area contributed by atoms with Gasteiger partial charge in [-0.2, -0.15) is 18.4 Å². The zero-order valence-electron chi connectivity index (χ0n) is 13.1. The van der Waals surface area contributed by atoms with Gasteiger partial charge in [0.2, 0.25) is 0 Å². The van der Waals surface area contributed by atoms with Gasteiger partial charge in [0.05, 0.1) is 23.3 Å². The van der Waals surface area contributed by atoms with Crippen molar-refractivity contribution in [2.24, 2.45) is 11.3 Å². The molecule has 0 fully saturated rings. The van der Waals surface area contributed by atoms with E-state index in [9.17, 15) is 18.3 Å². The average Bonchev–Trinajstić information content (AvgIpc) is 2.42. The molecular formula is C16H21F3N2O. The van der Waals surface area contributed by atoms with Crippen molar-refractivity contribution in [2.75, 3.05) is 11.9 Å². The van der Waals surface area contributed by atoms with Gasteiger partial charge in [-0.3, -0.25) is 0 Å². The second kappa shape index (κ2) is 6.57. The van der Waals surface area contributed by atoms with Crippen molar-refractivity contribution >= 4 is 5.69 Å². The summed E-state index contributed by atoms with van der Waals surface area (Å²) in [5, 5.41) is 21.7. The quantitative estimate of drug-likeness (QED) is 0.862. The number of nitrogens with one attached hydrogen (secondary N) is 1. The van der Waals surface area contributed by atoms with E-state index in [1.165, 1.54) is 6.07 Å². The molecule has 6 heteroatoms. The van der Waals surface area contributed by atoms with Crippen molar-refractivity contribution in [1.29, 1.82) is 5.26 Å². The predicted octanol–water partition coefficient (Wildman–Crippen LogP) is 4.03. The lowest BCUT2D eigenvalue weighted by atomic mass is 9.80. The van der Waals surface area contributed by atoms with Crippen molar-refractivity contribution < 1.29 is 18.3 Å². The van der Waals surface area contributed by atoms with Crippen LogP contribution in [0, 0.1) is 22.7 Å². The highest BCUT2D eigenvalue weighted by Gasteiger charge is 2.35. The maximum atomic E-state index is 13.0. The summed E-state index contributed by atoms with van der Waals surface area (Å²) in [5.74, 6) is -0.00988. The molecule has 1 rings (SSSR count). The Balaban J connectivity index is 3.05. The number of halogens is 3. The Hall–Kier alpha value is -1.74. The topological polar surface area (TPSA) is 56.0 Å². The summed E-state index contributed by atoms with van der Waals surface area (Å²) in [7, 11) is 0. The zero-order chi connectivity index (χ0) is 17.1. The summed E-state index contributed by atoms with van der Waals surface area (Å²) in [6.45, 7) is 7.43. The second-order valence-electron chi connectivity index (χ2n) is 6.40. The van der Waals surface area contributed by atoms with Crippen LogP contribution in [0.4, 0.5) is 18.9 Å². The summed E-state index contributed by atoms with van der Waals surface area (Å²) >= 11 is 0. The van der Waals surface area contributed by atoms with Crippen LogP contribution < -0.4 is 5.32 Å². The number of hydrogen-bond acceptors (Lipinski definition) is 3. The molecule has 1 atom stereocenters. The van der Waals surface area contributed by atoms with Crippen LogP contribution >= 0.6 is 0 Å². The number of hydrogen-bond donors (Lipinski definition) is 2. The van der Waals surface area contributed by atoms with Crippen LogP contribution in [0.2, 0.25) is 0 Å². The van der Waals surface area contributed by atoms with Crippen LogP contribution in [0.1, 0.15) is 38.8 Å². The maximum absolute atomic E-state index is 13.0. The molecule has 0 amide bonds. The van der Waals surface area contributed by atoms with Gasteiger partial charge in [0.15, 0.2) is 0 Å². The van der Waals surface area contributed by atoms with E-state index in [0.29, 0.717) is 0 Å². The van der Waals surface area contributed by atoms with E-state index in [1.807, 2.05) is 19.9 Å². The van der Waals surface area contributed by atoms with Gasteiger partial charge in [-0.25, -0.2) is 0 Å². The Morgan fingerprint density at radius 1 is 1.27 bits per heavy atom. The SMILES string of the molecule is CC(C)C(O)C(C)(C)CNc1cc(C#N)ccc1C(F)(F)F. The number of rotatable bonds is 5. The minimum atomic E-state index is -4.50. The lowest BCUT2D eigenvalue weighted by Crippen LogP contribution is -2.39. The lowest BCUT2D eigenvalue weighted by Gasteiger charge is -2.34. The molecule has 1 unspecified atom stereocenters. The van der Waals surface area contributed by atoms with Gasteiger partial charge in [-0.1, -0.05) is 27.7 Å². The van der Waals surface area contributed by atoms with Crippen molar-refractivity contribution in [1.82, 2.24) is 0 Å². The Labute approximate surface area is 128 Å². The van der Waals surface area contributed by atoms with E-state index < -0.39 is 23.3 Å². The first-order chi connectivity index (χ1) is 9.99. The van der Waals surface area contributed by atoms with Gasteiger partial charge in [0.1, 0.15) is 0 Å². The monoisotopic (exact) mass is 314 g/mol. The van der Waals surface area contributed by atoms with Crippen LogP contribution in [0.3, 0.4) is 0 Å². The van der Waals surface area contributed by atoms with Gasteiger partial charge in [-0.05, 0) is 24.1 Å². The molecule has 0 aliphatic heterocycles. The molecule has 0 aromatic heterocycles. The standard InChI is InChI=1S/C16H21F3N2O/c1-10(2)14(22)15(3,4)9-21-13-7-11(8-20)5-6-12(13)16(17,18)19/h5-7,10,14,21-22H,9H2,1-4H3. The first kappa shape index (κ1) is 18.3. The van der Waals surface area contributed by atoms with Gasteiger partial charge < -0.3 is 10.4 Å². The maximum Gasteiger partial charge on any atom is 0.418 e. The molecule has 1 aromatic rings. The number of alkyl halides is 3. The van der Waals surface area contributed by atoms with Crippen molar-refractivity contribution in [3.8, 4) is 6.07 Å². The molecule has 3 nitrogen and oxygen atoms in total. The number of aliphatic hydroxyl groups is 1. The Morgan fingerprint density at radius 2 is 1.86 bits per heavy atom. The van der Waals surface area contributed by atoms with Crippen LogP contribution in [0.25, 0.3) is 0 Å². The van der Waals surface area contributed by atoms with Gasteiger partial charge in [0.25, 0.3) is 0 Å². The first-order valence-electron chi connectivity index (χ1n) is 7.02. The zero-order valence-corrected chi connectivity index (χ0v) is 13.1. The van der Waals surface area contributed by atoms with E-state index in [4.69, 9.17) is 5.26 Å². The molecule has 0 bridgehead atoms. The van der Waals surface area contributed by atoms with Gasteiger partial charge in [-0.15, -0.1) is 0 Å². The molecule has 0 saturated heterocycles. The van der Waals surface area contributed by atoms with Gasteiger partial charge in [0, 0.05) is 17.6 Å². The molecule has 0 aliphatic rings. The fraction of sp³-hybridized carbons (Fsp3) is 0.562. The highest BCUT2D eigenvalue weighted by Crippen LogP contribution is 2.36. The number of nitrogens with zero attached hydrogens (tertiary/aromatic N) is 1. The minimum absolute atomic E-state index is 0.00988. The molecule has 0 saturated carbocycles. The van der Waals surface area contributed by atoms with Crippen LogP contribution in [-0.2, 0) is 6.18 Å². The van der Waals surface area contributed by atoms with E-state index in [2.05, 4.69) is 5.32 Å². The third kappa shape index (κ3) is 4.38. The second-order valence-corrected chi connectivity index (χ2v) is 6.40. The largest absolute Gasteiger partial charge is 0.418 e. The lowest BCUT2D eigenvalue weighted by molar-refractivity contribution is -0.137. The normalized spacial score (nSPS) is 13.8. The summed E-state index contributed by atoms with van der Waals surface area (Å²) in [4.78, 5) is 0. The molecule has 2 N–H and O–H groups in total. The number of benzene rings is 1. The molecule has 22 heavy (non-hydrogen) atoms. The summed E-state index contributed by atoms with van der Waals surface area (Å²) < 4.78 is 39.1. The van der Waals surface area contributed by atoms with Crippen LogP contribution in [-0.4, -0.2) is 17.8 Å². The Kier molecular flexibility index (Phi) is 5.47. The Bertz CT molecular complexity index is 559. The highest BCUT2D eigenvalue weighted by molar-refractivity contribution is 5.57.